The minimum absolute atomic E-state index is 0.0365. The van der Waals surface area contributed by atoms with Gasteiger partial charge in [-0.05, 0) is 24.5 Å². The summed E-state index contributed by atoms with van der Waals surface area (Å²) < 4.78 is 1.53. The lowest BCUT2D eigenvalue weighted by Crippen LogP contribution is -2.47. The quantitative estimate of drug-likeness (QED) is 0.891. The third-order valence-corrected chi connectivity index (χ3v) is 4.01. The lowest BCUT2D eigenvalue weighted by atomic mass is 10.0. The van der Waals surface area contributed by atoms with E-state index in [1.54, 1.807) is 29.6 Å². The summed E-state index contributed by atoms with van der Waals surface area (Å²) in [4.78, 5) is 34.4. The molecule has 1 fully saturated rings. The van der Waals surface area contributed by atoms with Crippen LogP contribution in [0.2, 0.25) is 0 Å². The van der Waals surface area contributed by atoms with Gasteiger partial charge in [0.25, 0.3) is 0 Å². The number of aromatic nitrogens is 4. The van der Waals surface area contributed by atoms with Crippen LogP contribution in [-0.2, 0) is 9.59 Å². The molecule has 0 radical (unpaired) electrons. The molecule has 0 unspecified atom stereocenters. The van der Waals surface area contributed by atoms with E-state index in [2.05, 4.69) is 20.4 Å². The molecule has 1 N–H and O–H groups in total. The molecule has 8 nitrogen and oxygen atoms in total. The van der Waals surface area contributed by atoms with Crippen molar-refractivity contribution in [2.24, 2.45) is 5.92 Å². The van der Waals surface area contributed by atoms with Gasteiger partial charge in [0, 0.05) is 13.0 Å². The van der Waals surface area contributed by atoms with Gasteiger partial charge in [0.15, 0.2) is 5.82 Å². The van der Waals surface area contributed by atoms with Crippen LogP contribution in [0, 0.1) is 5.92 Å². The maximum Gasteiger partial charge on any atom is 0.247 e. The Morgan fingerprint density at radius 3 is 2.71 bits per heavy atom. The molecule has 2 amide bonds. The van der Waals surface area contributed by atoms with E-state index in [1.807, 2.05) is 13.8 Å². The summed E-state index contributed by atoms with van der Waals surface area (Å²) in [6.07, 6.45) is 5.87. The second-order valence-corrected chi connectivity index (χ2v) is 6.11. The zero-order valence-electron chi connectivity index (χ0n) is 13.7. The molecule has 2 aromatic rings. The van der Waals surface area contributed by atoms with E-state index in [-0.39, 0.29) is 17.7 Å². The first-order valence-electron chi connectivity index (χ1n) is 7.97. The van der Waals surface area contributed by atoms with Crippen LogP contribution in [0.4, 0.5) is 5.69 Å². The van der Waals surface area contributed by atoms with Crippen LogP contribution < -0.4 is 5.32 Å². The number of nitrogens with one attached hydrogen (secondary N) is 1. The highest BCUT2D eigenvalue weighted by molar-refractivity contribution is 5.97. The molecule has 1 atom stereocenters. The molecule has 126 valence electrons. The van der Waals surface area contributed by atoms with E-state index in [4.69, 9.17) is 0 Å². The van der Waals surface area contributed by atoms with Crippen molar-refractivity contribution in [2.75, 3.05) is 11.9 Å². The van der Waals surface area contributed by atoms with Gasteiger partial charge in [0.1, 0.15) is 18.7 Å². The number of likely N-dealkylation sites (tertiary alicyclic amines) is 1. The van der Waals surface area contributed by atoms with Crippen molar-refractivity contribution < 1.29 is 9.59 Å². The van der Waals surface area contributed by atoms with Crippen molar-refractivity contribution in [2.45, 2.75) is 32.7 Å². The summed E-state index contributed by atoms with van der Waals surface area (Å²) in [6, 6.07) is 3.04. The van der Waals surface area contributed by atoms with Crippen molar-refractivity contribution in [3.05, 3.63) is 31.0 Å². The van der Waals surface area contributed by atoms with Gasteiger partial charge in [-0.2, -0.15) is 5.10 Å². The zero-order chi connectivity index (χ0) is 17.1. The highest BCUT2D eigenvalue weighted by atomic mass is 16.2. The van der Waals surface area contributed by atoms with E-state index < -0.39 is 6.04 Å². The molecule has 3 rings (SSSR count). The number of hydrogen-bond acceptors (Lipinski definition) is 5. The highest BCUT2D eigenvalue weighted by Crippen LogP contribution is 2.20. The minimum Gasteiger partial charge on any atom is -0.330 e. The van der Waals surface area contributed by atoms with Gasteiger partial charge in [-0.25, -0.2) is 14.6 Å². The molecule has 3 heterocycles. The molecule has 1 saturated heterocycles. The summed E-state index contributed by atoms with van der Waals surface area (Å²) in [5, 5.41) is 6.85. The molecule has 0 bridgehead atoms. The largest absolute Gasteiger partial charge is 0.330 e. The molecule has 8 heteroatoms. The number of carbonyl (C=O) groups excluding carboxylic acids is 2. The maximum absolute atomic E-state index is 12.6. The van der Waals surface area contributed by atoms with E-state index in [0.29, 0.717) is 24.5 Å². The van der Waals surface area contributed by atoms with E-state index >= 15 is 0 Å². The van der Waals surface area contributed by atoms with Crippen LogP contribution >= 0.6 is 0 Å². The number of amides is 2. The molecular formula is C16H20N6O2. The van der Waals surface area contributed by atoms with Gasteiger partial charge < -0.3 is 10.2 Å². The van der Waals surface area contributed by atoms with Gasteiger partial charge in [0.05, 0.1) is 11.9 Å². The van der Waals surface area contributed by atoms with Crippen molar-refractivity contribution in [3.63, 3.8) is 0 Å². The summed E-state index contributed by atoms with van der Waals surface area (Å²) in [5.74, 6) is 0.508. The lowest BCUT2D eigenvalue weighted by Gasteiger charge is -2.29. The molecule has 0 aliphatic carbocycles. The number of hydrogen-bond donors (Lipinski definition) is 1. The average Bonchev–Trinajstić information content (AvgIpc) is 3.21. The Labute approximate surface area is 139 Å². The summed E-state index contributed by atoms with van der Waals surface area (Å²) in [6.45, 7) is 4.53. The Morgan fingerprint density at radius 2 is 2.17 bits per heavy atom. The van der Waals surface area contributed by atoms with Crippen molar-refractivity contribution >= 4 is 17.5 Å². The molecule has 0 aromatic carbocycles. The van der Waals surface area contributed by atoms with Crippen LogP contribution in [0.15, 0.2) is 31.0 Å². The smallest absolute Gasteiger partial charge is 0.247 e. The minimum atomic E-state index is -0.463. The summed E-state index contributed by atoms with van der Waals surface area (Å²) in [5.41, 5.74) is 0.584. The molecule has 0 saturated carbocycles. The van der Waals surface area contributed by atoms with E-state index in [0.717, 1.165) is 6.42 Å². The number of anilines is 1. The van der Waals surface area contributed by atoms with Gasteiger partial charge in [0.2, 0.25) is 11.8 Å². The highest BCUT2D eigenvalue weighted by Gasteiger charge is 2.34. The van der Waals surface area contributed by atoms with Gasteiger partial charge in [-0.3, -0.25) is 9.59 Å². The van der Waals surface area contributed by atoms with Crippen molar-refractivity contribution in [1.29, 1.82) is 0 Å². The van der Waals surface area contributed by atoms with Crippen LogP contribution in [-0.4, -0.2) is 49.0 Å². The Morgan fingerprint density at radius 1 is 1.33 bits per heavy atom. The standard InChI is InChI=1S/C16H20N6O2/c1-11(2)15(21-7-3-4-14(21)23)16(24)20-12-5-6-13(18-8-12)22-10-17-9-19-22/h5-6,8-11,15H,3-4,7H2,1-2H3,(H,20,24)/t15-/m0/s1. The zero-order valence-corrected chi connectivity index (χ0v) is 13.7. The average molecular weight is 328 g/mol. The van der Waals surface area contributed by atoms with Crippen molar-refractivity contribution in [1.82, 2.24) is 24.6 Å². The number of nitrogens with zero attached hydrogens (tertiary/aromatic N) is 5. The first-order valence-corrected chi connectivity index (χ1v) is 7.97. The Balaban J connectivity index is 1.71. The van der Waals surface area contributed by atoms with Crippen LogP contribution in [0.1, 0.15) is 26.7 Å². The fourth-order valence-corrected chi connectivity index (χ4v) is 2.91. The SMILES string of the molecule is CC(C)[C@@H](C(=O)Nc1ccc(-n2cncn2)nc1)N1CCCC1=O. The van der Waals surface area contributed by atoms with E-state index in [1.165, 1.54) is 11.0 Å². The number of carbonyl (C=O) groups is 2. The normalized spacial score (nSPS) is 15.8. The Kier molecular flexibility index (Phi) is 4.54. The Bertz CT molecular complexity index is 711. The maximum atomic E-state index is 12.6. The van der Waals surface area contributed by atoms with Gasteiger partial charge in [-0.1, -0.05) is 13.8 Å². The third-order valence-electron chi connectivity index (χ3n) is 4.01. The van der Waals surface area contributed by atoms with Gasteiger partial charge >= 0.3 is 0 Å². The first kappa shape index (κ1) is 16.1. The van der Waals surface area contributed by atoms with Crippen LogP contribution in [0.3, 0.4) is 0 Å². The van der Waals surface area contributed by atoms with Gasteiger partial charge in [-0.15, -0.1) is 0 Å². The fourth-order valence-electron chi connectivity index (χ4n) is 2.91. The van der Waals surface area contributed by atoms with Crippen LogP contribution in [0.5, 0.6) is 0 Å². The number of rotatable bonds is 5. The number of pyridine rings is 1. The molecule has 24 heavy (non-hydrogen) atoms. The molecule has 0 spiro atoms. The topological polar surface area (TPSA) is 93.0 Å². The Hall–Kier alpha value is -2.77. The lowest BCUT2D eigenvalue weighted by molar-refractivity contribution is -0.136. The monoisotopic (exact) mass is 328 g/mol. The molecule has 1 aliphatic heterocycles. The molecular weight excluding hydrogens is 308 g/mol. The molecule has 1 aliphatic rings. The van der Waals surface area contributed by atoms with Crippen LogP contribution in [0.25, 0.3) is 5.82 Å². The summed E-state index contributed by atoms with van der Waals surface area (Å²) in [7, 11) is 0. The second kappa shape index (κ2) is 6.77. The summed E-state index contributed by atoms with van der Waals surface area (Å²) >= 11 is 0. The molecule has 2 aromatic heterocycles. The predicted molar refractivity (Wildman–Crippen MR) is 87.4 cm³/mol. The van der Waals surface area contributed by atoms with E-state index in [9.17, 15) is 9.59 Å². The predicted octanol–water partition coefficient (Wildman–Crippen LogP) is 1.25. The second-order valence-electron chi connectivity index (χ2n) is 6.11. The van der Waals surface area contributed by atoms with Crippen molar-refractivity contribution in [3.8, 4) is 5.82 Å². The fraction of sp³-hybridized carbons (Fsp3) is 0.438. The third kappa shape index (κ3) is 3.27. The first-order chi connectivity index (χ1) is 11.6.